The fourth-order valence-corrected chi connectivity index (χ4v) is 2.87. The molecule has 0 atom stereocenters. The molecule has 0 aliphatic heterocycles. The number of fused-ring (bicyclic) bond motifs is 1. The van der Waals surface area contributed by atoms with Crippen LogP contribution in [0.3, 0.4) is 0 Å². The van der Waals surface area contributed by atoms with Crippen molar-refractivity contribution in [3.63, 3.8) is 0 Å². The van der Waals surface area contributed by atoms with E-state index < -0.39 is 0 Å². The average molecular weight is 267 g/mol. The van der Waals surface area contributed by atoms with Gasteiger partial charge in [-0.25, -0.2) is 0 Å². The second-order valence-electron chi connectivity index (χ2n) is 5.55. The molecule has 0 spiro atoms. The summed E-state index contributed by atoms with van der Waals surface area (Å²) in [5.74, 6) is 1.79. The maximum atomic E-state index is 6.04. The molecule has 2 aromatic carbocycles. The monoisotopic (exact) mass is 267 g/mol. The van der Waals surface area contributed by atoms with Gasteiger partial charge in [0, 0.05) is 12.1 Å². The molecule has 20 heavy (non-hydrogen) atoms. The second kappa shape index (κ2) is 5.68. The lowest BCUT2D eigenvalue weighted by Gasteiger charge is -2.17. The van der Waals surface area contributed by atoms with Crippen molar-refractivity contribution < 1.29 is 4.74 Å². The summed E-state index contributed by atoms with van der Waals surface area (Å²) < 4.78 is 6.04. The van der Waals surface area contributed by atoms with Crippen molar-refractivity contribution in [1.82, 2.24) is 0 Å². The lowest BCUT2D eigenvalue weighted by atomic mass is 9.92. The highest BCUT2D eigenvalue weighted by molar-refractivity contribution is 5.43. The first-order chi connectivity index (χ1) is 9.76. The summed E-state index contributed by atoms with van der Waals surface area (Å²) in [5, 5.41) is 0. The summed E-state index contributed by atoms with van der Waals surface area (Å²) in [4.78, 5) is 0. The Bertz CT molecular complexity index is 619. The molecule has 0 radical (unpaired) electrons. The molecule has 104 valence electrons. The van der Waals surface area contributed by atoms with Crippen LogP contribution in [0.25, 0.3) is 0 Å². The van der Waals surface area contributed by atoms with Crippen LogP contribution in [-0.4, -0.2) is 0 Å². The number of hydrogen-bond acceptors (Lipinski definition) is 2. The molecule has 0 amide bonds. The van der Waals surface area contributed by atoms with Crippen LogP contribution >= 0.6 is 0 Å². The summed E-state index contributed by atoms with van der Waals surface area (Å²) in [6.45, 7) is 2.57. The second-order valence-corrected chi connectivity index (χ2v) is 5.55. The third-order valence-corrected chi connectivity index (χ3v) is 3.98. The predicted octanol–water partition coefficient (Wildman–Crippen LogP) is 4.12. The summed E-state index contributed by atoms with van der Waals surface area (Å²) in [7, 11) is 0. The molecule has 2 heteroatoms. The van der Waals surface area contributed by atoms with Crippen LogP contribution in [0.1, 0.15) is 35.1 Å². The molecule has 0 heterocycles. The lowest BCUT2D eigenvalue weighted by Crippen LogP contribution is -2.03. The Hall–Kier alpha value is -1.80. The number of aryl methyl sites for hydroxylation is 3. The quantitative estimate of drug-likeness (QED) is 0.907. The number of ether oxygens (including phenoxy) is 1. The van der Waals surface area contributed by atoms with Gasteiger partial charge in [0.05, 0.1) is 0 Å². The summed E-state index contributed by atoms with van der Waals surface area (Å²) in [6, 6.07) is 12.6. The molecule has 2 nitrogen and oxygen atoms in total. The third-order valence-electron chi connectivity index (χ3n) is 3.98. The fourth-order valence-electron chi connectivity index (χ4n) is 2.87. The normalized spacial score (nSPS) is 13.9. The van der Waals surface area contributed by atoms with Crippen molar-refractivity contribution in [3.05, 3.63) is 58.7 Å². The van der Waals surface area contributed by atoms with Crippen LogP contribution in [0.5, 0.6) is 11.5 Å². The highest BCUT2D eigenvalue weighted by Gasteiger charge is 2.11. The first kappa shape index (κ1) is 13.2. The lowest BCUT2D eigenvalue weighted by molar-refractivity contribution is 0.474. The number of nitrogens with two attached hydrogens (primary N) is 1. The standard InChI is InChI=1S/C18H21NO/c1-13-6-9-18(16(10-13)12-19)20-17-8-7-14-4-2-3-5-15(14)11-17/h6-11H,2-5,12,19H2,1H3. The van der Waals surface area contributed by atoms with Gasteiger partial charge in [0.15, 0.2) is 0 Å². The molecule has 0 aromatic heterocycles. The van der Waals surface area contributed by atoms with Crippen molar-refractivity contribution in [2.45, 2.75) is 39.2 Å². The van der Waals surface area contributed by atoms with E-state index in [-0.39, 0.29) is 0 Å². The molecule has 0 saturated heterocycles. The number of rotatable bonds is 3. The van der Waals surface area contributed by atoms with Gasteiger partial charge in [0.25, 0.3) is 0 Å². The number of hydrogen-bond donors (Lipinski definition) is 1. The SMILES string of the molecule is Cc1ccc(Oc2ccc3c(c2)CCCC3)c(CN)c1. The van der Waals surface area contributed by atoms with Gasteiger partial charge in [0.2, 0.25) is 0 Å². The molecule has 0 saturated carbocycles. The molecule has 1 aliphatic carbocycles. The van der Waals surface area contributed by atoms with Gasteiger partial charge in [-0.3, -0.25) is 0 Å². The van der Waals surface area contributed by atoms with E-state index in [2.05, 4.69) is 37.3 Å². The average Bonchev–Trinajstić information content (AvgIpc) is 2.49. The fraction of sp³-hybridized carbons (Fsp3) is 0.333. The minimum Gasteiger partial charge on any atom is -0.457 e. The Kier molecular flexibility index (Phi) is 3.75. The van der Waals surface area contributed by atoms with E-state index >= 15 is 0 Å². The summed E-state index contributed by atoms with van der Waals surface area (Å²) >= 11 is 0. The van der Waals surface area contributed by atoms with Crippen LogP contribution in [0.4, 0.5) is 0 Å². The van der Waals surface area contributed by atoms with Crippen LogP contribution in [0.2, 0.25) is 0 Å². The Morgan fingerprint density at radius 2 is 1.80 bits per heavy atom. The van der Waals surface area contributed by atoms with E-state index in [4.69, 9.17) is 10.5 Å². The Morgan fingerprint density at radius 1 is 1.00 bits per heavy atom. The number of benzene rings is 2. The topological polar surface area (TPSA) is 35.2 Å². The van der Waals surface area contributed by atoms with Crippen molar-refractivity contribution in [2.24, 2.45) is 5.73 Å². The zero-order valence-electron chi connectivity index (χ0n) is 12.0. The zero-order chi connectivity index (χ0) is 13.9. The Balaban J connectivity index is 1.87. The molecule has 3 rings (SSSR count). The van der Waals surface area contributed by atoms with Crippen LogP contribution < -0.4 is 10.5 Å². The highest BCUT2D eigenvalue weighted by atomic mass is 16.5. The van der Waals surface area contributed by atoms with Crippen molar-refractivity contribution in [2.75, 3.05) is 0 Å². The van der Waals surface area contributed by atoms with E-state index in [1.165, 1.54) is 42.4 Å². The maximum absolute atomic E-state index is 6.04. The van der Waals surface area contributed by atoms with Crippen molar-refractivity contribution >= 4 is 0 Å². The minimum absolute atomic E-state index is 0.502. The molecule has 2 aromatic rings. The molecular formula is C18H21NO. The largest absolute Gasteiger partial charge is 0.457 e. The van der Waals surface area contributed by atoms with Gasteiger partial charge in [-0.05, 0) is 61.9 Å². The van der Waals surface area contributed by atoms with Gasteiger partial charge in [-0.1, -0.05) is 23.8 Å². The Morgan fingerprint density at radius 3 is 2.60 bits per heavy atom. The van der Waals surface area contributed by atoms with E-state index in [0.717, 1.165) is 17.1 Å². The van der Waals surface area contributed by atoms with Gasteiger partial charge in [0.1, 0.15) is 11.5 Å². The van der Waals surface area contributed by atoms with Crippen LogP contribution in [0, 0.1) is 6.92 Å². The van der Waals surface area contributed by atoms with E-state index in [1.807, 2.05) is 6.07 Å². The first-order valence-corrected chi connectivity index (χ1v) is 7.35. The molecule has 1 aliphatic rings. The van der Waals surface area contributed by atoms with E-state index in [1.54, 1.807) is 0 Å². The Labute approximate surface area is 120 Å². The molecule has 0 fully saturated rings. The van der Waals surface area contributed by atoms with Gasteiger partial charge < -0.3 is 10.5 Å². The maximum Gasteiger partial charge on any atom is 0.131 e. The van der Waals surface area contributed by atoms with Crippen molar-refractivity contribution in [1.29, 1.82) is 0 Å². The van der Waals surface area contributed by atoms with Gasteiger partial charge in [-0.15, -0.1) is 0 Å². The summed E-state index contributed by atoms with van der Waals surface area (Å²) in [6.07, 6.45) is 4.97. The minimum atomic E-state index is 0.502. The van der Waals surface area contributed by atoms with Crippen LogP contribution in [-0.2, 0) is 19.4 Å². The molecular weight excluding hydrogens is 246 g/mol. The molecule has 0 unspecified atom stereocenters. The smallest absolute Gasteiger partial charge is 0.131 e. The molecule has 2 N–H and O–H groups in total. The third kappa shape index (κ3) is 2.70. The molecule has 0 bridgehead atoms. The zero-order valence-corrected chi connectivity index (χ0v) is 12.0. The van der Waals surface area contributed by atoms with E-state index in [9.17, 15) is 0 Å². The van der Waals surface area contributed by atoms with Crippen LogP contribution in [0.15, 0.2) is 36.4 Å². The van der Waals surface area contributed by atoms with E-state index in [0.29, 0.717) is 6.54 Å². The predicted molar refractivity (Wildman–Crippen MR) is 82.2 cm³/mol. The van der Waals surface area contributed by atoms with Gasteiger partial charge in [-0.2, -0.15) is 0 Å². The first-order valence-electron chi connectivity index (χ1n) is 7.35. The van der Waals surface area contributed by atoms with Crippen molar-refractivity contribution in [3.8, 4) is 11.5 Å². The summed E-state index contributed by atoms with van der Waals surface area (Å²) in [5.41, 5.74) is 11.0. The highest BCUT2D eigenvalue weighted by Crippen LogP contribution is 2.30. The van der Waals surface area contributed by atoms with Gasteiger partial charge >= 0.3 is 0 Å².